The first kappa shape index (κ1) is 14.2. The van der Waals surface area contributed by atoms with Crippen LogP contribution < -0.4 is 5.73 Å². The number of halogens is 1. The Labute approximate surface area is 125 Å². The third kappa shape index (κ3) is 2.85. The maximum atomic E-state index is 14.2. The maximum absolute atomic E-state index is 14.2. The maximum Gasteiger partial charge on any atom is 0.128 e. The molecule has 0 amide bonds. The molecule has 0 spiro atoms. The van der Waals surface area contributed by atoms with Gasteiger partial charge < -0.3 is 5.73 Å². The molecule has 110 valence electrons. The fourth-order valence-electron chi connectivity index (χ4n) is 3.17. The van der Waals surface area contributed by atoms with E-state index in [1.807, 2.05) is 13.0 Å². The lowest BCUT2D eigenvalue weighted by Gasteiger charge is -2.35. The molecule has 1 aliphatic heterocycles. The molecule has 0 aromatic heterocycles. The van der Waals surface area contributed by atoms with Crippen molar-refractivity contribution in [3.05, 3.63) is 70.5 Å². The second kappa shape index (κ2) is 5.96. The van der Waals surface area contributed by atoms with Crippen LogP contribution in [0, 0.1) is 12.7 Å². The number of hydrogen-bond acceptors (Lipinski definition) is 2. The molecule has 3 heteroatoms. The Bertz CT molecular complexity index is 639. The quantitative estimate of drug-likeness (QED) is 0.938. The first-order valence-corrected chi connectivity index (χ1v) is 7.46. The largest absolute Gasteiger partial charge is 0.329 e. The van der Waals surface area contributed by atoms with Crippen LogP contribution in [0.25, 0.3) is 0 Å². The Hall–Kier alpha value is -1.71. The number of nitrogens with two attached hydrogens (primary N) is 1. The minimum atomic E-state index is -0.157. The van der Waals surface area contributed by atoms with E-state index in [-0.39, 0.29) is 11.9 Å². The Morgan fingerprint density at radius 1 is 1.19 bits per heavy atom. The van der Waals surface area contributed by atoms with E-state index in [2.05, 4.69) is 29.2 Å². The fraction of sp³-hybridized carbons (Fsp3) is 0.333. The van der Waals surface area contributed by atoms with E-state index in [4.69, 9.17) is 5.73 Å². The minimum absolute atomic E-state index is 0.0572. The highest BCUT2D eigenvalue weighted by molar-refractivity contribution is 5.31. The van der Waals surface area contributed by atoms with Gasteiger partial charge in [0.2, 0.25) is 0 Å². The number of nitrogens with zero attached hydrogens (tertiary/aromatic N) is 1. The molecule has 21 heavy (non-hydrogen) atoms. The molecule has 2 N–H and O–H groups in total. The zero-order valence-corrected chi connectivity index (χ0v) is 12.3. The normalized spacial score (nSPS) is 16.5. The Kier molecular flexibility index (Phi) is 4.04. The Balaban J connectivity index is 1.90. The lowest BCUT2D eigenvalue weighted by molar-refractivity contribution is 0.180. The van der Waals surface area contributed by atoms with Crippen LogP contribution >= 0.6 is 0 Å². The molecule has 2 aromatic carbocycles. The second-order valence-corrected chi connectivity index (χ2v) is 5.77. The van der Waals surface area contributed by atoms with Crippen LogP contribution in [0.4, 0.5) is 4.39 Å². The van der Waals surface area contributed by atoms with E-state index in [1.165, 1.54) is 11.1 Å². The molecule has 1 aliphatic rings. The van der Waals surface area contributed by atoms with Crippen molar-refractivity contribution in [1.29, 1.82) is 0 Å². The van der Waals surface area contributed by atoms with Gasteiger partial charge in [-0.1, -0.05) is 42.0 Å². The van der Waals surface area contributed by atoms with Gasteiger partial charge in [0.1, 0.15) is 5.82 Å². The van der Waals surface area contributed by atoms with Gasteiger partial charge >= 0.3 is 0 Å². The van der Waals surface area contributed by atoms with Crippen LogP contribution in [0.3, 0.4) is 0 Å². The van der Waals surface area contributed by atoms with Gasteiger partial charge in [-0.15, -0.1) is 0 Å². The lowest BCUT2D eigenvalue weighted by atomic mass is 9.95. The topological polar surface area (TPSA) is 29.3 Å². The molecule has 1 unspecified atom stereocenters. The van der Waals surface area contributed by atoms with E-state index in [9.17, 15) is 4.39 Å². The standard InChI is InChI=1S/C18H21FN2/c1-13-6-7-17(19)16(10-13)18(11-20)21-9-8-14-4-2-3-5-15(14)12-21/h2-7,10,18H,8-9,11-12,20H2,1H3. The van der Waals surface area contributed by atoms with Gasteiger partial charge in [-0.25, -0.2) is 4.39 Å². The van der Waals surface area contributed by atoms with Crippen LogP contribution in [0.15, 0.2) is 42.5 Å². The van der Waals surface area contributed by atoms with Crippen molar-refractivity contribution in [2.24, 2.45) is 5.73 Å². The zero-order chi connectivity index (χ0) is 14.8. The Morgan fingerprint density at radius 2 is 1.95 bits per heavy atom. The third-order valence-electron chi connectivity index (χ3n) is 4.33. The Morgan fingerprint density at radius 3 is 2.71 bits per heavy atom. The van der Waals surface area contributed by atoms with Crippen LogP contribution in [0.1, 0.15) is 28.3 Å². The first-order valence-electron chi connectivity index (χ1n) is 7.46. The van der Waals surface area contributed by atoms with Crippen molar-refractivity contribution in [1.82, 2.24) is 4.90 Å². The molecule has 1 atom stereocenters. The number of benzene rings is 2. The van der Waals surface area contributed by atoms with Crippen molar-refractivity contribution >= 4 is 0 Å². The molecule has 0 radical (unpaired) electrons. The fourth-order valence-corrected chi connectivity index (χ4v) is 3.17. The molecular weight excluding hydrogens is 263 g/mol. The predicted octanol–water partition coefficient (Wildman–Crippen LogP) is 3.19. The number of hydrogen-bond donors (Lipinski definition) is 1. The van der Waals surface area contributed by atoms with E-state index >= 15 is 0 Å². The van der Waals surface area contributed by atoms with Gasteiger partial charge in [-0.05, 0) is 30.5 Å². The summed E-state index contributed by atoms with van der Waals surface area (Å²) < 4.78 is 14.2. The average molecular weight is 284 g/mol. The summed E-state index contributed by atoms with van der Waals surface area (Å²) in [5.41, 5.74) is 10.5. The van der Waals surface area contributed by atoms with Crippen LogP contribution in [0.2, 0.25) is 0 Å². The first-order chi connectivity index (χ1) is 10.2. The minimum Gasteiger partial charge on any atom is -0.329 e. The molecule has 2 nitrogen and oxygen atoms in total. The van der Waals surface area contributed by atoms with Gasteiger partial charge in [0.05, 0.1) is 6.04 Å². The summed E-state index contributed by atoms with van der Waals surface area (Å²) in [7, 11) is 0. The van der Waals surface area contributed by atoms with Crippen LogP contribution in [-0.2, 0) is 13.0 Å². The summed E-state index contributed by atoms with van der Waals surface area (Å²) in [6, 6.07) is 13.7. The van der Waals surface area contributed by atoms with Crippen molar-refractivity contribution in [3.63, 3.8) is 0 Å². The number of aryl methyl sites for hydroxylation is 1. The molecule has 0 aliphatic carbocycles. The smallest absolute Gasteiger partial charge is 0.128 e. The van der Waals surface area contributed by atoms with E-state index in [0.717, 1.165) is 30.6 Å². The summed E-state index contributed by atoms with van der Waals surface area (Å²) in [6.45, 7) is 4.18. The average Bonchev–Trinajstić information content (AvgIpc) is 2.51. The molecule has 0 saturated carbocycles. The van der Waals surface area contributed by atoms with Crippen molar-refractivity contribution < 1.29 is 4.39 Å². The van der Waals surface area contributed by atoms with E-state index in [0.29, 0.717) is 6.54 Å². The highest BCUT2D eigenvalue weighted by Gasteiger charge is 2.25. The van der Waals surface area contributed by atoms with Gasteiger partial charge in [0.25, 0.3) is 0 Å². The lowest BCUT2D eigenvalue weighted by Crippen LogP contribution is -2.38. The number of rotatable bonds is 3. The SMILES string of the molecule is Cc1ccc(F)c(C(CN)N2CCc3ccccc3C2)c1. The third-order valence-corrected chi connectivity index (χ3v) is 4.33. The summed E-state index contributed by atoms with van der Waals surface area (Å²) in [5, 5.41) is 0. The molecule has 0 fully saturated rings. The zero-order valence-electron chi connectivity index (χ0n) is 12.3. The molecule has 0 saturated heterocycles. The molecule has 1 heterocycles. The molecule has 2 aromatic rings. The molecule has 0 bridgehead atoms. The van der Waals surface area contributed by atoms with Crippen LogP contribution in [-0.4, -0.2) is 18.0 Å². The van der Waals surface area contributed by atoms with Crippen molar-refractivity contribution in [2.45, 2.75) is 25.9 Å². The van der Waals surface area contributed by atoms with E-state index in [1.54, 1.807) is 12.1 Å². The summed E-state index contributed by atoms with van der Waals surface area (Å²) in [6.07, 6.45) is 1.00. The van der Waals surface area contributed by atoms with Gasteiger partial charge in [0, 0.05) is 25.2 Å². The molecule has 3 rings (SSSR count). The monoisotopic (exact) mass is 284 g/mol. The highest BCUT2D eigenvalue weighted by Crippen LogP contribution is 2.29. The van der Waals surface area contributed by atoms with Gasteiger partial charge in [-0.3, -0.25) is 4.90 Å². The summed E-state index contributed by atoms with van der Waals surface area (Å²) >= 11 is 0. The summed E-state index contributed by atoms with van der Waals surface area (Å²) in [5.74, 6) is -0.157. The number of fused-ring (bicyclic) bond motifs is 1. The highest BCUT2D eigenvalue weighted by atomic mass is 19.1. The van der Waals surface area contributed by atoms with Crippen molar-refractivity contribution in [3.8, 4) is 0 Å². The van der Waals surface area contributed by atoms with E-state index < -0.39 is 0 Å². The van der Waals surface area contributed by atoms with Gasteiger partial charge in [-0.2, -0.15) is 0 Å². The predicted molar refractivity (Wildman–Crippen MR) is 83.5 cm³/mol. The van der Waals surface area contributed by atoms with Gasteiger partial charge in [0.15, 0.2) is 0 Å². The second-order valence-electron chi connectivity index (χ2n) is 5.77. The van der Waals surface area contributed by atoms with Crippen LogP contribution in [0.5, 0.6) is 0 Å². The summed E-state index contributed by atoms with van der Waals surface area (Å²) in [4.78, 5) is 2.29. The molecular formula is C18H21FN2. The van der Waals surface area contributed by atoms with Crippen molar-refractivity contribution in [2.75, 3.05) is 13.1 Å².